The lowest BCUT2D eigenvalue weighted by Gasteiger charge is -2.15. The van der Waals surface area contributed by atoms with Crippen molar-refractivity contribution in [1.82, 2.24) is 14.5 Å². The van der Waals surface area contributed by atoms with Crippen molar-refractivity contribution in [2.24, 2.45) is 0 Å². The van der Waals surface area contributed by atoms with Gasteiger partial charge in [0, 0.05) is 17.1 Å². The molecule has 188 valence electrons. The van der Waals surface area contributed by atoms with Crippen LogP contribution in [0.2, 0.25) is 0 Å². The standard InChI is InChI=1S/C22H16F5N5O3S/c23-17-14(6-7-16(18(17)24)31-36(34,35)10-12-4-2-1-3-5-12)15-8-13-9-29-21(28)30-19(13)32(20(15)33)11-22(25,26)27/h1-9,31H,10-11H2,(H2,28,29,30). The first-order valence-corrected chi connectivity index (χ1v) is 11.8. The molecule has 0 radical (unpaired) electrons. The van der Waals surface area contributed by atoms with Crippen LogP contribution in [0.3, 0.4) is 0 Å². The van der Waals surface area contributed by atoms with E-state index in [1.54, 1.807) is 18.2 Å². The van der Waals surface area contributed by atoms with E-state index in [2.05, 4.69) is 9.97 Å². The third-order valence-electron chi connectivity index (χ3n) is 5.02. The minimum atomic E-state index is -4.85. The molecule has 0 saturated carbocycles. The van der Waals surface area contributed by atoms with Gasteiger partial charge in [-0.05, 0) is 23.8 Å². The Morgan fingerprint density at radius 1 is 1.00 bits per heavy atom. The maximum atomic E-state index is 15.0. The van der Waals surface area contributed by atoms with Gasteiger partial charge >= 0.3 is 6.18 Å². The Kier molecular flexibility index (Phi) is 6.39. The summed E-state index contributed by atoms with van der Waals surface area (Å²) < 4.78 is 96.4. The first-order chi connectivity index (χ1) is 16.8. The number of hydrogen-bond acceptors (Lipinski definition) is 6. The number of anilines is 2. The SMILES string of the molecule is Nc1ncc2cc(-c3ccc(NS(=O)(=O)Cc4ccccc4)c(F)c3F)c(=O)n(CC(F)(F)F)c2n1. The number of nitrogens with two attached hydrogens (primary N) is 1. The van der Waals surface area contributed by atoms with Crippen molar-refractivity contribution in [2.45, 2.75) is 18.5 Å². The van der Waals surface area contributed by atoms with Crippen LogP contribution >= 0.6 is 0 Å². The third-order valence-corrected chi connectivity index (χ3v) is 6.26. The van der Waals surface area contributed by atoms with Crippen molar-refractivity contribution in [1.29, 1.82) is 0 Å². The van der Waals surface area contributed by atoms with Crippen LogP contribution in [-0.2, 0) is 22.3 Å². The van der Waals surface area contributed by atoms with Gasteiger partial charge in [-0.15, -0.1) is 0 Å². The van der Waals surface area contributed by atoms with Gasteiger partial charge in [0.05, 0.1) is 17.0 Å². The summed E-state index contributed by atoms with van der Waals surface area (Å²) in [6.45, 7) is -1.77. The van der Waals surface area contributed by atoms with Crippen molar-refractivity contribution in [3.05, 3.63) is 82.3 Å². The van der Waals surface area contributed by atoms with Gasteiger partial charge in [-0.3, -0.25) is 14.1 Å². The molecule has 14 heteroatoms. The molecule has 2 heterocycles. The second-order valence-corrected chi connectivity index (χ2v) is 9.43. The van der Waals surface area contributed by atoms with Gasteiger partial charge in [0.15, 0.2) is 11.6 Å². The Hall–Kier alpha value is -4.07. The first-order valence-electron chi connectivity index (χ1n) is 10.1. The fourth-order valence-corrected chi connectivity index (χ4v) is 4.72. The van der Waals surface area contributed by atoms with E-state index in [1.165, 1.54) is 12.1 Å². The molecular formula is C22H16F5N5O3S. The topological polar surface area (TPSA) is 120 Å². The maximum absolute atomic E-state index is 15.0. The summed E-state index contributed by atoms with van der Waals surface area (Å²) >= 11 is 0. The molecule has 0 unspecified atom stereocenters. The summed E-state index contributed by atoms with van der Waals surface area (Å²) in [4.78, 5) is 20.2. The number of alkyl halides is 3. The van der Waals surface area contributed by atoms with Crippen molar-refractivity contribution in [3.8, 4) is 11.1 Å². The van der Waals surface area contributed by atoms with Gasteiger partial charge < -0.3 is 5.73 Å². The van der Waals surface area contributed by atoms with Gasteiger partial charge in [-0.1, -0.05) is 30.3 Å². The number of rotatable bonds is 6. The van der Waals surface area contributed by atoms with E-state index < -0.39 is 74.1 Å². The second kappa shape index (κ2) is 9.18. The quantitative estimate of drug-likeness (QED) is 0.370. The summed E-state index contributed by atoms with van der Waals surface area (Å²) in [6, 6.07) is 10.7. The second-order valence-electron chi connectivity index (χ2n) is 7.71. The largest absolute Gasteiger partial charge is 0.406 e. The number of sulfonamides is 1. The van der Waals surface area contributed by atoms with Crippen LogP contribution in [-0.4, -0.2) is 29.1 Å². The molecule has 0 aliphatic rings. The summed E-state index contributed by atoms with van der Waals surface area (Å²) in [5.74, 6) is -4.19. The van der Waals surface area contributed by atoms with Crippen molar-refractivity contribution < 1.29 is 30.4 Å². The average Bonchev–Trinajstić information content (AvgIpc) is 2.79. The first kappa shape index (κ1) is 25.0. The molecule has 8 nitrogen and oxygen atoms in total. The highest BCUT2D eigenvalue weighted by Gasteiger charge is 2.31. The number of halogens is 5. The molecule has 4 rings (SSSR count). The van der Waals surface area contributed by atoms with Crippen LogP contribution < -0.4 is 16.0 Å². The van der Waals surface area contributed by atoms with E-state index in [0.717, 1.165) is 24.4 Å². The zero-order valence-corrected chi connectivity index (χ0v) is 18.9. The third kappa shape index (κ3) is 5.27. The Morgan fingerprint density at radius 2 is 1.69 bits per heavy atom. The predicted octanol–water partition coefficient (Wildman–Crippen LogP) is 3.82. The van der Waals surface area contributed by atoms with Gasteiger partial charge in [0.2, 0.25) is 16.0 Å². The number of hydrogen-bond donors (Lipinski definition) is 2. The number of nitrogen functional groups attached to an aromatic ring is 1. The Labute approximate surface area is 200 Å². The van der Waals surface area contributed by atoms with Crippen LogP contribution in [0.25, 0.3) is 22.2 Å². The summed E-state index contributed by atoms with van der Waals surface area (Å²) in [7, 11) is -4.15. The molecule has 36 heavy (non-hydrogen) atoms. The number of nitrogens with zero attached hydrogens (tertiary/aromatic N) is 3. The smallest absolute Gasteiger partial charge is 0.368 e. The van der Waals surface area contributed by atoms with Crippen LogP contribution in [0.4, 0.5) is 33.6 Å². The molecule has 0 saturated heterocycles. The minimum Gasteiger partial charge on any atom is -0.368 e. The molecular weight excluding hydrogens is 509 g/mol. The number of aromatic nitrogens is 3. The number of nitrogens with one attached hydrogen (secondary N) is 1. The van der Waals surface area contributed by atoms with Crippen molar-refractivity contribution in [2.75, 3.05) is 10.5 Å². The fourth-order valence-electron chi connectivity index (χ4n) is 3.52. The van der Waals surface area contributed by atoms with Gasteiger partial charge in [0.25, 0.3) is 5.56 Å². The van der Waals surface area contributed by atoms with Gasteiger partial charge in [-0.2, -0.15) is 18.2 Å². The van der Waals surface area contributed by atoms with Crippen LogP contribution in [0, 0.1) is 11.6 Å². The highest BCUT2D eigenvalue weighted by molar-refractivity contribution is 7.91. The molecule has 0 bridgehead atoms. The molecule has 2 aromatic heterocycles. The van der Waals surface area contributed by atoms with Crippen molar-refractivity contribution >= 4 is 32.7 Å². The lowest BCUT2D eigenvalue weighted by Crippen LogP contribution is -2.30. The maximum Gasteiger partial charge on any atom is 0.406 e. The zero-order valence-electron chi connectivity index (χ0n) is 18.1. The average molecular weight is 525 g/mol. The Morgan fingerprint density at radius 3 is 2.36 bits per heavy atom. The molecule has 0 aliphatic carbocycles. The van der Waals surface area contributed by atoms with E-state index in [1.807, 2.05) is 4.72 Å². The number of fused-ring (bicyclic) bond motifs is 1. The summed E-state index contributed by atoms with van der Waals surface area (Å²) in [5, 5.41) is -0.0875. The lowest BCUT2D eigenvalue weighted by atomic mass is 10.0. The number of benzene rings is 2. The summed E-state index contributed by atoms with van der Waals surface area (Å²) in [6.07, 6.45) is -3.81. The van der Waals surface area contributed by atoms with Gasteiger partial charge in [0.1, 0.15) is 12.2 Å². The number of pyridine rings is 1. The summed E-state index contributed by atoms with van der Waals surface area (Å²) in [5.41, 5.74) is 2.04. The van der Waals surface area contributed by atoms with Crippen LogP contribution in [0.15, 0.2) is 59.5 Å². The zero-order chi connectivity index (χ0) is 26.3. The van der Waals surface area contributed by atoms with Crippen molar-refractivity contribution in [3.63, 3.8) is 0 Å². The molecule has 2 aromatic carbocycles. The van der Waals surface area contributed by atoms with E-state index in [4.69, 9.17) is 5.73 Å². The molecule has 0 amide bonds. The molecule has 3 N–H and O–H groups in total. The Balaban J connectivity index is 1.78. The van der Waals surface area contributed by atoms with E-state index in [9.17, 15) is 30.8 Å². The normalized spacial score (nSPS) is 12.1. The molecule has 0 atom stereocenters. The van der Waals surface area contributed by atoms with E-state index in [0.29, 0.717) is 5.56 Å². The molecule has 0 fully saturated rings. The van der Waals surface area contributed by atoms with Crippen LogP contribution in [0.5, 0.6) is 0 Å². The molecule has 0 spiro atoms. The molecule has 4 aromatic rings. The van der Waals surface area contributed by atoms with E-state index >= 15 is 4.39 Å². The van der Waals surface area contributed by atoms with Gasteiger partial charge in [-0.25, -0.2) is 22.2 Å². The lowest BCUT2D eigenvalue weighted by molar-refractivity contribution is -0.140. The van der Waals surface area contributed by atoms with E-state index in [-0.39, 0.29) is 9.95 Å². The Bertz CT molecular complexity index is 1620. The minimum absolute atomic E-state index is 0.0875. The fraction of sp³-hybridized carbons (Fsp3) is 0.136. The highest BCUT2D eigenvalue weighted by Crippen LogP contribution is 2.30. The predicted molar refractivity (Wildman–Crippen MR) is 122 cm³/mol. The molecule has 0 aliphatic heterocycles. The highest BCUT2D eigenvalue weighted by atomic mass is 32.2. The van der Waals surface area contributed by atoms with Crippen LogP contribution in [0.1, 0.15) is 5.56 Å². The monoisotopic (exact) mass is 525 g/mol.